The van der Waals surface area contributed by atoms with E-state index >= 15 is 0 Å². The highest BCUT2D eigenvalue weighted by atomic mass is 32.1. The Kier molecular flexibility index (Phi) is 6.29. The predicted octanol–water partition coefficient (Wildman–Crippen LogP) is 2.27. The normalized spacial score (nSPS) is 11.2. The lowest BCUT2D eigenvalue weighted by molar-refractivity contribution is -0.144. The smallest absolute Gasteiger partial charge is 0.320 e. The number of ether oxygens (including phenoxy) is 1. The minimum absolute atomic E-state index is 0.146. The van der Waals surface area contributed by atoms with Crippen molar-refractivity contribution in [3.05, 3.63) is 16.1 Å². The van der Waals surface area contributed by atoms with Crippen molar-refractivity contribution in [2.45, 2.75) is 40.2 Å². The number of hydrogen-bond donors (Lipinski definition) is 0. The van der Waals surface area contributed by atoms with Crippen LogP contribution >= 0.6 is 11.3 Å². The molecule has 4 nitrogen and oxygen atoms in total. The van der Waals surface area contributed by atoms with Gasteiger partial charge in [0.15, 0.2) is 0 Å². The van der Waals surface area contributed by atoms with Crippen molar-refractivity contribution < 1.29 is 9.53 Å². The third-order valence-electron chi connectivity index (χ3n) is 2.84. The lowest BCUT2D eigenvalue weighted by Crippen LogP contribution is -2.37. The highest BCUT2D eigenvalue weighted by molar-refractivity contribution is 7.09. The van der Waals surface area contributed by atoms with Crippen molar-refractivity contribution in [2.75, 3.05) is 19.7 Å². The van der Waals surface area contributed by atoms with Crippen molar-refractivity contribution in [3.63, 3.8) is 0 Å². The van der Waals surface area contributed by atoms with Gasteiger partial charge in [-0.15, -0.1) is 11.3 Å². The van der Waals surface area contributed by atoms with Gasteiger partial charge in [0.1, 0.15) is 0 Å². The Morgan fingerprint density at radius 3 is 2.78 bits per heavy atom. The van der Waals surface area contributed by atoms with E-state index in [9.17, 15) is 4.79 Å². The number of thiazole rings is 1. The number of hydrogen-bond acceptors (Lipinski definition) is 5. The number of carbonyl (C=O) groups is 1. The van der Waals surface area contributed by atoms with E-state index in [0.717, 1.165) is 18.7 Å². The van der Waals surface area contributed by atoms with E-state index in [4.69, 9.17) is 4.74 Å². The van der Waals surface area contributed by atoms with E-state index in [0.29, 0.717) is 19.2 Å². The number of nitrogens with zero attached hydrogens (tertiary/aromatic N) is 2. The lowest BCUT2D eigenvalue weighted by Gasteiger charge is -2.25. The summed E-state index contributed by atoms with van der Waals surface area (Å²) in [6.07, 6.45) is 0.939. The van der Waals surface area contributed by atoms with Crippen LogP contribution < -0.4 is 0 Å². The zero-order valence-electron chi connectivity index (χ0n) is 11.6. The maximum atomic E-state index is 11.5. The lowest BCUT2D eigenvalue weighted by atomic mass is 10.2. The number of aromatic nitrogens is 1. The second-order valence-corrected chi connectivity index (χ2v) is 5.42. The van der Waals surface area contributed by atoms with Crippen molar-refractivity contribution in [2.24, 2.45) is 0 Å². The van der Waals surface area contributed by atoms with Crippen molar-refractivity contribution in [3.8, 4) is 0 Å². The topological polar surface area (TPSA) is 42.4 Å². The largest absolute Gasteiger partial charge is 0.465 e. The average molecular weight is 270 g/mol. The molecule has 0 aliphatic carbocycles. The van der Waals surface area contributed by atoms with Crippen LogP contribution in [0.3, 0.4) is 0 Å². The highest BCUT2D eigenvalue weighted by Crippen LogP contribution is 2.14. The number of rotatable bonds is 7. The van der Waals surface area contributed by atoms with Crippen LogP contribution in [0.15, 0.2) is 5.51 Å². The molecule has 1 aromatic rings. The average Bonchev–Trinajstić information content (AvgIpc) is 2.70. The fourth-order valence-electron chi connectivity index (χ4n) is 1.70. The van der Waals surface area contributed by atoms with E-state index < -0.39 is 0 Å². The molecule has 0 saturated carbocycles. The molecule has 0 bridgehead atoms. The number of aryl methyl sites for hydroxylation is 1. The van der Waals surface area contributed by atoms with Crippen LogP contribution in [0.1, 0.15) is 31.3 Å². The molecule has 0 radical (unpaired) electrons. The van der Waals surface area contributed by atoms with Gasteiger partial charge >= 0.3 is 5.97 Å². The summed E-state index contributed by atoms with van der Waals surface area (Å²) < 4.78 is 4.99. The van der Waals surface area contributed by atoms with Gasteiger partial charge in [-0.3, -0.25) is 9.69 Å². The Balaban J connectivity index is 2.48. The number of esters is 1. The first kappa shape index (κ1) is 15.1. The molecule has 18 heavy (non-hydrogen) atoms. The summed E-state index contributed by atoms with van der Waals surface area (Å²) >= 11 is 1.68. The standard InChI is InChI=1S/C13H22N2O2S/c1-5-17-13(16)8-15(10(2)3)7-6-12-11(4)14-9-18-12/h9-10H,5-8H2,1-4H3. The summed E-state index contributed by atoms with van der Waals surface area (Å²) in [5.41, 5.74) is 2.97. The van der Waals surface area contributed by atoms with Crippen molar-refractivity contribution in [1.82, 2.24) is 9.88 Å². The van der Waals surface area contributed by atoms with Crippen LogP contribution in [-0.2, 0) is 16.0 Å². The summed E-state index contributed by atoms with van der Waals surface area (Å²) in [4.78, 5) is 19.2. The second kappa shape index (κ2) is 7.48. The maximum Gasteiger partial charge on any atom is 0.320 e. The van der Waals surface area contributed by atoms with Crippen LogP contribution in [0.4, 0.5) is 0 Å². The molecular weight excluding hydrogens is 248 g/mol. The van der Waals surface area contributed by atoms with Gasteiger partial charge in [-0.2, -0.15) is 0 Å². The summed E-state index contributed by atoms with van der Waals surface area (Å²) in [6, 6.07) is 0.336. The van der Waals surface area contributed by atoms with Gasteiger partial charge in [0.2, 0.25) is 0 Å². The Morgan fingerprint density at radius 2 is 2.28 bits per heavy atom. The zero-order chi connectivity index (χ0) is 13.5. The van der Waals surface area contributed by atoms with Gasteiger partial charge < -0.3 is 4.74 Å². The van der Waals surface area contributed by atoms with Crippen LogP contribution in [0.2, 0.25) is 0 Å². The van der Waals surface area contributed by atoms with Gasteiger partial charge in [0.05, 0.1) is 24.4 Å². The van der Waals surface area contributed by atoms with Gasteiger partial charge in [-0.25, -0.2) is 4.98 Å². The van der Waals surface area contributed by atoms with E-state index in [1.54, 1.807) is 11.3 Å². The molecule has 0 aliphatic heterocycles. The summed E-state index contributed by atoms with van der Waals surface area (Å²) in [5, 5.41) is 0. The van der Waals surface area contributed by atoms with E-state index in [2.05, 4.69) is 23.7 Å². The van der Waals surface area contributed by atoms with E-state index in [1.165, 1.54) is 4.88 Å². The molecule has 0 unspecified atom stereocenters. The molecule has 0 fully saturated rings. The molecular formula is C13H22N2O2S. The van der Waals surface area contributed by atoms with Crippen molar-refractivity contribution in [1.29, 1.82) is 0 Å². The highest BCUT2D eigenvalue weighted by Gasteiger charge is 2.15. The molecule has 0 spiro atoms. The summed E-state index contributed by atoms with van der Waals surface area (Å²) in [5.74, 6) is -0.146. The van der Waals surface area contributed by atoms with Crippen LogP contribution in [0.25, 0.3) is 0 Å². The van der Waals surface area contributed by atoms with Gasteiger partial charge in [0, 0.05) is 17.5 Å². The summed E-state index contributed by atoms with van der Waals surface area (Å²) in [7, 11) is 0. The molecule has 0 atom stereocenters. The molecule has 5 heteroatoms. The molecule has 1 heterocycles. The zero-order valence-corrected chi connectivity index (χ0v) is 12.4. The van der Waals surface area contributed by atoms with E-state index in [-0.39, 0.29) is 5.97 Å². The fraction of sp³-hybridized carbons (Fsp3) is 0.692. The SMILES string of the molecule is CCOC(=O)CN(CCc1scnc1C)C(C)C. The first-order valence-electron chi connectivity index (χ1n) is 6.33. The molecule has 102 valence electrons. The molecule has 0 aliphatic rings. The summed E-state index contributed by atoms with van der Waals surface area (Å²) in [6.45, 7) is 9.72. The Hall–Kier alpha value is -0.940. The first-order valence-corrected chi connectivity index (χ1v) is 7.21. The fourth-order valence-corrected chi connectivity index (χ4v) is 2.47. The minimum Gasteiger partial charge on any atom is -0.465 e. The maximum absolute atomic E-state index is 11.5. The van der Waals surface area contributed by atoms with Gasteiger partial charge in [0.25, 0.3) is 0 Å². The van der Waals surface area contributed by atoms with Crippen molar-refractivity contribution >= 4 is 17.3 Å². The Labute approximate surface area is 113 Å². The Bertz CT molecular complexity index is 377. The second-order valence-electron chi connectivity index (χ2n) is 4.48. The molecule has 0 aromatic carbocycles. The monoisotopic (exact) mass is 270 g/mol. The van der Waals surface area contributed by atoms with Gasteiger partial charge in [-0.05, 0) is 34.1 Å². The first-order chi connectivity index (χ1) is 8.54. The molecule has 0 saturated heterocycles. The van der Waals surface area contributed by atoms with Crippen LogP contribution in [0.5, 0.6) is 0 Å². The van der Waals surface area contributed by atoms with Crippen LogP contribution in [-0.4, -0.2) is 41.6 Å². The predicted molar refractivity (Wildman–Crippen MR) is 73.9 cm³/mol. The minimum atomic E-state index is -0.146. The molecule has 1 rings (SSSR count). The number of carbonyl (C=O) groups excluding carboxylic acids is 1. The quantitative estimate of drug-likeness (QED) is 0.713. The van der Waals surface area contributed by atoms with E-state index in [1.807, 2.05) is 19.4 Å². The Morgan fingerprint density at radius 1 is 1.56 bits per heavy atom. The van der Waals surface area contributed by atoms with Gasteiger partial charge in [-0.1, -0.05) is 0 Å². The van der Waals surface area contributed by atoms with Crippen LogP contribution in [0, 0.1) is 6.92 Å². The third-order valence-corrected chi connectivity index (χ3v) is 3.83. The third kappa shape index (κ3) is 4.74. The molecule has 0 N–H and O–H groups in total. The molecule has 0 amide bonds. The molecule has 1 aromatic heterocycles.